The molecule has 0 bridgehead atoms. The molecular weight excluding hydrogens is 454 g/mol. The molecule has 3 aromatic rings. The van der Waals surface area contributed by atoms with Gasteiger partial charge in [0.05, 0.1) is 17.1 Å². The van der Waals surface area contributed by atoms with E-state index in [2.05, 4.69) is 64.7 Å². The van der Waals surface area contributed by atoms with Crippen LogP contribution in [0.25, 0.3) is 11.4 Å². The number of nitrogens with one attached hydrogen (secondary N) is 3. The van der Waals surface area contributed by atoms with Crippen molar-refractivity contribution in [1.82, 2.24) is 15.3 Å². The monoisotopic (exact) mass is 501 g/mol. The lowest BCUT2D eigenvalue weighted by atomic mass is 10.1. The third-order valence-electron chi connectivity index (χ3n) is 6.82. The molecule has 0 aliphatic carbocycles. The van der Waals surface area contributed by atoms with Crippen molar-refractivity contribution in [2.45, 2.75) is 90.6 Å². The first-order chi connectivity index (χ1) is 18.3. The molecule has 0 saturated carbocycles. The second kappa shape index (κ2) is 17.3. The summed E-state index contributed by atoms with van der Waals surface area (Å²) in [5.74, 6) is 0.898. The molecule has 4 nitrogen and oxygen atoms in total. The van der Waals surface area contributed by atoms with Crippen LogP contribution in [0.15, 0.2) is 78.7 Å². The van der Waals surface area contributed by atoms with Crippen LogP contribution >= 0.6 is 0 Å². The van der Waals surface area contributed by atoms with Crippen molar-refractivity contribution in [2.75, 3.05) is 7.05 Å². The molecule has 0 saturated heterocycles. The highest BCUT2D eigenvalue weighted by Gasteiger charge is 2.11. The summed E-state index contributed by atoms with van der Waals surface area (Å²) in [5, 5.41) is 3.34. The van der Waals surface area contributed by atoms with Crippen molar-refractivity contribution in [3.63, 3.8) is 0 Å². The van der Waals surface area contributed by atoms with E-state index in [4.69, 9.17) is 4.74 Å². The Labute approximate surface area is 224 Å². The van der Waals surface area contributed by atoms with Gasteiger partial charge in [-0.2, -0.15) is 0 Å². The van der Waals surface area contributed by atoms with Gasteiger partial charge in [-0.25, -0.2) is 0 Å². The highest BCUT2D eigenvalue weighted by Crippen LogP contribution is 2.28. The van der Waals surface area contributed by atoms with Gasteiger partial charge in [-0.15, -0.1) is 0 Å². The first-order valence-corrected chi connectivity index (χ1v) is 14.4. The lowest BCUT2D eigenvalue weighted by Crippen LogP contribution is -2.04. The largest absolute Gasteiger partial charge is 0.487 e. The van der Waals surface area contributed by atoms with Gasteiger partial charge >= 0.3 is 0 Å². The number of aromatic nitrogens is 2. The number of aromatic amines is 2. The average molecular weight is 502 g/mol. The van der Waals surface area contributed by atoms with Gasteiger partial charge in [-0.3, -0.25) is 0 Å². The molecular formula is C33H47N3O. The van der Waals surface area contributed by atoms with E-state index in [1.54, 1.807) is 0 Å². The van der Waals surface area contributed by atoms with Crippen molar-refractivity contribution >= 4 is 0 Å². The first-order valence-electron chi connectivity index (χ1n) is 14.4. The maximum atomic E-state index is 6.23. The summed E-state index contributed by atoms with van der Waals surface area (Å²) in [6.45, 7) is 2.84. The Hall–Kier alpha value is -3.14. The van der Waals surface area contributed by atoms with Crippen molar-refractivity contribution in [2.24, 2.45) is 0 Å². The van der Waals surface area contributed by atoms with Crippen LogP contribution in [0.5, 0.6) is 5.75 Å². The van der Waals surface area contributed by atoms with Gasteiger partial charge in [-0.05, 0) is 36.6 Å². The highest BCUT2D eigenvalue weighted by atomic mass is 16.5. The molecule has 3 rings (SSSR count). The van der Waals surface area contributed by atoms with Crippen molar-refractivity contribution in [1.29, 1.82) is 0 Å². The molecule has 2 aromatic heterocycles. The zero-order chi connectivity index (χ0) is 26.0. The van der Waals surface area contributed by atoms with Gasteiger partial charge in [-0.1, -0.05) is 107 Å². The van der Waals surface area contributed by atoms with Crippen LogP contribution in [0.4, 0.5) is 0 Å². The van der Waals surface area contributed by atoms with Crippen molar-refractivity contribution in [3.8, 4) is 17.1 Å². The minimum Gasteiger partial charge on any atom is -0.487 e. The summed E-state index contributed by atoms with van der Waals surface area (Å²) >= 11 is 0. The van der Waals surface area contributed by atoms with Gasteiger partial charge in [0.15, 0.2) is 0 Å². The molecule has 3 N–H and O–H groups in total. The number of ether oxygens (including phenoxy) is 1. The van der Waals surface area contributed by atoms with E-state index in [1.165, 1.54) is 64.2 Å². The molecule has 1 aromatic carbocycles. The third-order valence-corrected chi connectivity index (χ3v) is 6.82. The fraction of sp³-hybridized carbons (Fsp3) is 0.455. The second-order valence-electron chi connectivity index (χ2n) is 9.87. The Morgan fingerprint density at radius 3 is 2.27 bits per heavy atom. The minimum atomic E-state index is 0.553. The first kappa shape index (κ1) is 28.4. The molecule has 0 aliphatic heterocycles. The van der Waals surface area contributed by atoms with Crippen LogP contribution in [0.2, 0.25) is 0 Å². The topological polar surface area (TPSA) is 52.8 Å². The lowest BCUT2D eigenvalue weighted by Gasteiger charge is -2.07. The van der Waals surface area contributed by atoms with Crippen molar-refractivity contribution < 1.29 is 4.74 Å². The highest BCUT2D eigenvalue weighted by molar-refractivity contribution is 5.59. The van der Waals surface area contributed by atoms with Crippen LogP contribution in [-0.4, -0.2) is 17.0 Å². The summed E-state index contributed by atoms with van der Waals surface area (Å²) in [5.41, 5.74) is 5.48. The normalized spacial score (nSPS) is 11.9. The number of H-pyrrole nitrogens is 2. The molecule has 200 valence electrons. The van der Waals surface area contributed by atoms with Crippen LogP contribution in [0.3, 0.4) is 0 Å². The third kappa shape index (κ3) is 10.8. The summed E-state index contributed by atoms with van der Waals surface area (Å²) < 4.78 is 6.23. The van der Waals surface area contributed by atoms with E-state index in [9.17, 15) is 0 Å². The van der Waals surface area contributed by atoms with E-state index in [0.29, 0.717) is 6.61 Å². The lowest BCUT2D eigenvalue weighted by molar-refractivity contribution is 0.304. The second-order valence-corrected chi connectivity index (χ2v) is 9.87. The van der Waals surface area contributed by atoms with Crippen LogP contribution in [0.1, 0.15) is 88.8 Å². The zero-order valence-electron chi connectivity index (χ0n) is 23.0. The molecule has 0 aliphatic rings. The molecule has 0 radical (unpaired) electrons. The van der Waals surface area contributed by atoms with Gasteiger partial charge in [0.1, 0.15) is 12.4 Å². The molecule has 37 heavy (non-hydrogen) atoms. The van der Waals surface area contributed by atoms with E-state index in [1.807, 2.05) is 37.5 Å². The molecule has 0 spiro atoms. The van der Waals surface area contributed by atoms with E-state index in [0.717, 1.165) is 46.9 Å². The number of benzene rings is 1. The van der Waals surface area contributed by atoms with E-state index >= 15 is 0 Å². The predicted octanol–water partition coefficient (Wildman–Crippen LogP) is 9.10. The Kier molecular flexibility index (Phi) is 13.3. The van der Waals surface area contributed by atoms with Crippen LogP contribution in [0, 0.1) is 0 Å². The maximum absolute atomic E-state index is 6.23. The van der Waals surface area contributed by atoms with Gasteiger partial charge < -0.3 is 20.0 Å². The fourth-order valence-corrected chi connectivity index (χ4v) is 4.56. The van der Waals surface area contributed by atoms with Gasteiger partial charge in [0, 0.05) is 31.4 Å². The molecule has 0 fully saturated rings. The molecule has 4 heteroatoms. The Morgan fingerprint density at radius 2 is 1.59 bits per heavy atom. The smallest absolute Gasteiger partial charge is 0.141 e. The fourth-order valence-electron chi connectivity index (χ4n) is 4.56. The quantitative estimate of drug-likeness (QED) is 0.113. The van der Waals surface area contributed by atoms with Gasteiger partial charge in [0.2, 0.25) is 0 Å². The molecule has 0 amide bonds. The summed E-state index contributed by atoms with van der Waals surface area (Å²) in [6, 6.07) is 16.5. The predicted molar refractivity (Wildman–Crippen MR) is 158 cm³/mol. The molecule has 2 heterocycles. The van der Waals surface area contributed by atoms with E-state index in [-0.39, 0.29) is 0 Å². The Balaban J connectivity index is 1.46. The van der Waals surface area contributed by atoms with Crippen molar-refractivity contribution in [3.05, 3.63) is 89.9 Å². The Morgan fingerprint density at radius 1 is 0.865 bits per heavy atom. The maximum Gasteiger partial charge on any atom is 0.141 e. The standard InChI is InChI=1S/C33H47N3O/c1-3-4-5-6-7-8-9-10-11-12-13-17-21-29(34-2)23-24-31-33(37-27-28-19-15-14-16-20-28)26-32(36-31)30-22-18-25-35-30/h14-23,25-26,34-36H,3-13,24,27H2,1-2H3/b21-17-,29-23-. The number of allylic oxidation sites excluding steroid dienone is 3. The van der Waals surface area contributed by atoms with E-state index < -0.39 is 0 Å². The van der Waals surface area contributed by atoms with Crippen LogP contribution < -0.4 is 10.1 Å². The number of hydrogen-bond donors (Lipinski definition) is 3. The minimum absolute atomic E-state index is 0.553. The summed E-state index contributed by atoms with van der Waals surface area (Å²) in [4.78, 5) is 6.85. The Bertz CT molecular complexity index is 1030. The van der Waals surface area contributed by atoms with Crippen LogP contribution in [-0.2, 0) is 13.0 Å². The summed E-state index contributed by atoms with van der Waals surface area (Å²) in [7, 11) is 1.99. The number of rotatable bonds is 19. The SMILES string of the molecule is CCCCCCCCCCCC/C=C\C(=C\Cc1[nH]c(-c2ccc[nH]2)cc1OCc1ccccc1)NC. The average Bonchev–Trinajstić information content (AvgIpc) is 3.61. The number of unbranched alkanes of at least 4 members (excludes halogenated alkanes) is 10. The zero-order valence-corrected chi connectivity index (χ0v) is 23.0. The number of likely N-dealkylation sites (N-methyl/N-ethyl adjacent to an activating group) is 1. The number of hydrogen-bond acceptors (Lipinski definition) is 2. The summed E-state index contributed by atoms with van der Waals surface area (Å²) in [6.07, 6.45) is 24.4. The van der Waals surface area contributed by atoms with Gasteiger partial charge in [0.25, 0.3) is 0 Å². The molecule has 0 atom stereocenters. The molecule has 0 unspecified atom stereocenters.